The monoisotopic (exact) mass is 478 g/mol. The number of fused-ring (bicyclic) bond motifs is 1. The number of benzene rings is 3. The Bertz CT molecular complexity index is 1250. The first-order valence-corrected chi connectivity index (χ1v) is 12.6. The zero-order chi connectivity index (χ0) is 23.2. The Kier molecular flexibility index (Phi) is 7.65. The highest BCUT2D eigenvalue weighted by Crippen LogP contribution is 2.27. The molecule has 0 amide bonds. The SMILES string of the molecule is CC1=CCC(SOCCOc2ccc(N)c(C(=N)S(=O)c3cccc4ccccc34)c2)C=C1. The van der Waals surface area contributed by atoms with Crippen molar-refractivity contribution in [1.29, 1.82) is 5.41 Å². The van der Waals surface area contributed by atoms with Crippen LogP contribution < -0.4 is 10.5 Å². The molecule has 3 N–H and O–H groups in total. The van der Waals surface area contributed by atoms with E-state index in [1.807, 2.05) is 36.4 Å². The Morgan fingerprint density at radius 2 is 1.97 bits per heavy atom. The molecule has 0 aliphatic heterocycles. The minimum atomic E-state index is -1.68. The van der Waals surface area contributed by atoms with Crippen molar-refractivity contribution in [3.8, 4) is 5.75 Å². The lowest BCUT2D eigenvalue weighted by molar-refractivity contribution is 0.238. The molecule has 33 heavy (non-hydrogen) atoms. The van der Waals surface area contributed by atoms with Gasteiger partial charge in [0, 0.05) is 11.3 Å². The summed E-state index contributed by atoms with van der Waals surface area (Å²) in [6.07, 6.45) is 7.42. The van der Waals surface area contributed by atoms with Crippen molar-refractivity contribution < 1.29 is 13.1 Å². The standard InChI is InChI=1S/C26H26N2O3S2/c1-18-9-12-21(13-10-18)32-31-16-15-30-20-11-14-24(27)23(17-20)26(28)33(29)25-8-4-6-19-5-2-3-7-22(19)25/h2-12,14,17,21,28H,13,15-16,27H2,1H3. The minimum Gasteiger partial charge on any atom is -0.491 e. The number of nitrogens with one attached hydrogen (secondary N) is 1. The number of anilines is 1. The first-order chi connectivity index (χ1) is 16.0. The molecule has 0 aromatic heterocycles. The van der Waals surface area contributed by atoms with Gasteiger partial charge >= 0.3 is 0 Å². The molecule has 5 nitrogen and oxygen atoms in total. The highest BCUT2D eigenvalue weighted by molar-refractivity contribution is 8.01. The second-order valence-electron chi connectivity index (χ2n) is 7.67. The number of allylic oxidation sites excluding steroid dienone is 3. The van der Waals surface area contributed by atoms with Crippen molar-refractivity contribution in [2.75, 3.05) is 18.9 Å². The number of rotatable bonds is 8. The van der Waals surface area contributed by atoms with Crippen molar-refractivity contribution in [1.82, 2.24) is 0 Å². The summed E-state index contributed by atoms with van der Waals surface area (Å²) >= 11 is 1.44. The summed E-state index contributed by atoms with van der Waals surface area (Å²) in [6, 6.07) is 18.4. The fraction of sp³-hybridized carbons (Fsp3) is 0.192. The quantitative estimate of drug-likeness (QED) is 0.139. The second-order valence-corrected chi connectivity index (χ2v) is 10.1. The second kappa shape index (κ2) is 10.8. The summed E-state index contributed by atoms with van der Waals surface area (Å²) in [5.41, 5.74) is 8.19. The van der Waals surface area contributed by atoms with Crippen LogP contribution in [0.2, 0.25) is 0 Å². The summed E-state index contributed by atoms with van der Waals surface area (Å²) in [5.74, 6) is 0.559. The largest absolute Gasteiger partial charge is 0.491 e. The zero-order valence-electron chi connectivity index (χ0n) is 18.3. The summed E-state index contributed by atoms with van der Waals surface area (Å²) in [7, 11) is -1.68. The zero-order valence-corrected chi connectivity index (χ0v) is 20.0. The molecule has 7 heteroatoms. The molecule has 3 aromatic carbocycles. The van der Waals surface area contributed by atoms with Crippen molar-refractivity contribution in [3.05, 3.63) is 90.0 Å². The van der Waals surface area contributed by atoms with Gasteiger partial charge in [0.2, 0.25) is 0 Å². The van der Waals surface area contributed by atoms with E-state index in [1.165, 1.54) is 17.6 Å². The molecule has 0 heterocycles. The van der Waals surface area contributed by atoms with Crippen LogP contribution in [0.5, 0.6) is 5.75 Å². The van der Waals surface area contributed by atoms with Crippen LogP contribution in [0, 0.1) is 5.41 Å². The first kappa shape index (κ1) is 23.3. The average molecular weight is 479 g/mol. The maximum atomic E-state index is 13.3. The van der Waals surface area contributed by atoms with Crippen molar-refractivity contribution in [2.45, 2.75) is 23.5 Å². The van der Waals surface area contributed by atoms with Crippen LogP contribution in [-0.2, 0) is 15.0 Å². The van der Waals surface area contributed by atoms with Gasteiger partial charge in [-0.05, 0) is 60.4 Å². The van der Waals surface area contributed by atoms with E-state index in [-0.39, 0.29) is 5.04 Å². The van der Waals surface area contributed by atoms with Gasteiger partial charge < -0.3 is 14.7 Å². The highest BCUT2D eigenvalue weighted by Gasteiger charge is 2.18. The number of nitrogen functional groups attached to an aromatic ring is 1. The number of nitrogens with two attached hydrogens (primary N) is 1. The van der Waals surface area contributed by atoms with Gasteiger partial charge in [-0.25, -0.2) is 4.21 Å². The van der Waals surface area contributed by atoms with Gasteiger partial charge in [0.25, 0.3) is 0 Å². The molecule has 0 saturated heterocycles. The van der Waals surface area contributed by atoms with Crippen LogP contribution in [-0.4, -0.2) is 27.7 Å². The van der Waals surface area contributed by atoms with Gasteiger partial charge in [-0.1, -0.05) is 60.2 Å². The van der Waals surface area contributed by atoms with Crippen LogP contribution in [0.1, 0.15) is 18.9 Å². The van der Waals surface area contributed by atoms with Crippen molar-refractivity contribution in [3.63, 3.8) is 0 Å². The maximum Gasteiger partial charge on any atom is 0.133 e. The van der Waals surface area contributed by atoms with Crippen molar-refractivity contribution in [2.24, 2.45) is 0 Å². The molecule has 1 aliphatic rings. The van der Waals surface area contributed by atoms with E-state index in [0.717, 1.165) is 17.2 Å². The van der Waals surface area contributed by atoms with Gasteiger partial charge in [-0.3, -0.25) is 5.41 Å². The van der Waals surface area contributed by atoms with Crippen LogP contribution in [0.25, 0.3) is 10.8 Å². The number of ether oxygens (including phenoxy) is 1. The Labute approximate surface area is 200 Å². The maximum absolute atomic E-state index is 13.3. The normalized spacial score (nSPS) is 16.4. The fourth-order valence-corrected chi connectivity index (χ4v) is 5.34. The van der Waals surface area contributed by atoms with E-state index in [1.54, 1.807) is 24.3 Å². The molecule has 1 aliphatic carbocycles. The van der Waals surface area contributed by atoms with Gasteiger partial charge in [-0.15, -0.1) is 0 Å². The molecule has 0 bridgehead atoms. The van der Waals surface area contributed by atoms with Crippen LogP contribution in [0.15, 0.2) is 89.4 Å². The Hall–Kier alpha value is -2.87. The summed E-state index contributed by atoms with van der Waals surface area (Å²) in [5, 5.41) is 10.7. The smallest absolute Gasteiger partial charge is 0.133 e. The van der Waals surface area contributed by atoms with Crippen LogP contribution in [0.3, 0.4) is 0 Å². The van der Waals surface area contributed by atoms with Gasteiger partial charge in [-0.2, -0.15) is 0 Å². The molecule has 0 saturated carbocycles. The van der Waals surface area contributed by atoms with Crippen molar-refractivity contribution >= 4 is 44.3 Å². The molecule has 2 atom stereocenters. The molecular formula is C26H26N2O3S2. The molecule has 0 fully saturated rings. The van der Waals surface area contributed by atoms with Gasteiger partial charge in [0.05, 0.1) is 16.8 Å². The van der Waals surface area contributed by atoms with Gasteiger partial charge in [0.15, 0.2) is 0 Å². The minimum absolute atomic E-state index is 0.0476. The number of hydrogen-bond donors (Lipinski definition) is 2. The third kappa shape index (κ3) is 5.74. The van der Waals surface area contributed by atoms with E-state index < -0.39 is 10.8 Å². The molecular weight excluding hydrogens is 452 g/mol. The summed E-state index contributed by atoms with van der Waals surface area (Å²) < 4.78 is 24.7. The highest BCUT2D eigenvalue weighted by atomic mass is 32.2. The topological polar surface area (TPSA) is 85.4 Å². The van der Waals surface area contributed by atoms with E-state index >= 15 is 0 Å². The Morgan fingerprint density at radius 1 is 1.15 bits per heavy atom. The predicted octanol–water partition coefficient (Wildman–Crippen LogP) is 5.87. The molecule has 0 radical (unpaired) electrons. The summed E-state index contributed by atoms with van der Waals surface area (Å²) in [4.78, 5) is 0.594. The lowest BCUT2D eigenvalue weighted by Gasteiger charge is -2.14. The average Bonchev–Trinajstić information content (AvgIpc) is 2.84. The Morgan fingerprint density at radius 3 is 2.79 bits per heavy atom. The number of hydrogen-bond acceptors (Lipinski definition) is 6. The molecule has 3 aromatic rings. The first-order valence-electron chi connectivity index (χ1n) is 10.7. The molecule has 2 unspecified atom stereocenters. The van der Waals surface area contributed by atoms with E-state index in [0.29, 0.717) is 40.4 Å². The molecule has 170 valence electrons. The summed E-state index contributed by atoms with van der Waals surface area (Å²) in [6.45, 7) is 2.88. The van der Waals surface area contributed by atoms with Gasteiger partial charge in [0.1, 0.15) is 28.2 Å². The fourth-order valence-electron chi connectivity index (χ4n) is 3.50. The van der Waals surface area contributed by atoms with Crippen LogP contribution in [0.4, 0.5) is 5.69 Å². The molecule has 0 spiro atoms. The lowest BCUT2D eigenvalue weighted by atomic mass is 10.1. The van der Waals surface area contributed by atoms with Crippen LogP contribution >= 0.6 is 12.0 Å². The lowest BCUT2D eigenvalue weighted by Crippen LogP contribution is -2.12. The molecule has 4 rings (SSSR count). The Balaban J connectivity index is 1.38. The third-order valence-electron chi connectivity index (χ3n) is 5.28. The van der Waals surface area contributed by atoms with E-state index in [2.05, 4.69) is 25.2 Å². The van der Waals surface area contributed by atoms with E-state index in [4.69, 9.17) is 20.1 Å². The third-order valence-corrected chi connectivity index (χ3v) is 7.52. The van der Waals surface area contributed by atoms with E-state index in [9.17, 15) is 4.21 Å². The predicted molar refractivity (Wildman–Crippen MR) is 138 cm³/mol.